The van der Waals surface area contributed by atoms with Crippen LogP contribution in [-0.2, 0) is 10.0 Å². The van der Waals surface area contributed by atoms with Gasteiger partial charge in [0, 0.05) is 10.1 Å². The van der Waals surface area contributed by atoms with Gasteiger partial charge in [-0.25, -0.2) is 13.2 Å². The molecule has 0 radical (unpaired) electrons. The van der Waals surface area contributed by atoms with Gasteiger partial charge in [0.25, 0.3) is 10.0 Å². The first-order valence-electron chi connectivity index (χ1n) is 5.34. The van der Waals surface area contributed by atoms with Gasteiger partial charge < -0.3 is 5.11 Å². The van der Waals surface area contributed by atoms with E-state index in [0.29, 0.717) is 14.1 Å². The second-order valence-corrected chi connectivity index (χ2v) is 7.35. The van der Waals surface area contributed by atoms with Crippen molar-refractivity contribution >= 4 is 43.0 Å². The van der Waals surface area contributed by atoms with Crippen LogP contribution < -0.4 is 5.69 Å². The minimum atomic E-state index is -4.17. The summed E-state index contributed by atoms with van der Waals surface area (Å²) in [6, 6.07) is 6.80. The minimum Gasteiger partial charge on any atom is -0.493 e. The standard InChI is InChI=1S/C11H7ClN2O4S2/c12-10-9(6-3-1-2-4-7(6)19-10)20(17,18)14-5-8(15)13-11(14)16/h1-5,15H,(H,13,16). The van der Waals surface area contributed by atoms with Gasteiger partial charge in [0.15, 0.2) is 0 Å². The van der Waals surface area contributed by atoms with E-state index in [2.05, 4.69) is 0 Å². The number of aromatic hydroxyl groups is 1. The van der Waals surface area contributed by atoms with Crippen LogP contribution in [0.3, 0.4) is 0 Å². The molecule has 2 heterocycles. The molecule has 0 atom stereocenters. The van der Waals surface area contributed by atoms with E-state index in [9.17, 15) is 18.3 Å². The van der Waals surface area contributed by atoms with Crippen LogP contribution >= 0.6 is 22.9 Å². The highest BCUT2D eigenvalue weighted by Crippen LogP contribution is 2.38. The van der Waals surface area contributed by atoms with Gasteiger partial charge in [-0.15, -0.1) is 11.3 Å². The number of hydrogen-bond donors (Lipinski definition) is 2. The highest BCUT2D eigenvalue weighted by molar-refractivity contribution is 7.90. The average Bonchev–Trinajstić information content (AvgIpc) is 2.88. The number of aromatic amines is 1. The molecular formula is C11H7ClN2O4S2. The first kappa shape index (κ1) is 13.2. The Balaban J connectivity index is 2.38. The van der Waals surface area contributed by atoms with Crippen molar-refractivity contribution in [2.75, 3.05) is 0 Å². The summed E-state index contributed by atoms with van der Waals surface area (Å²) in [6.45, 7) is 0. The van der Waals surface area contributed by atoms with Crippen LogP contribution in [0, 0.1) is 0 Å². The zero-order valence-electron chi connectivity index (χ0n) is 9.70. The molecule has 3 rings (SSSR count). The molecular weight excluding hydrogens is 324 g/mol. The molecule has 2 N–H and O–H groups in total. The zero-order valence-corrected chi connectivity index (χ0v) is 12.1. The van der Waals surface area contributed by atoms with Crippen molar-refractivity contribution in [2.45, 2.75) is 4.90 Å². The Labute approximate surface area is 121 Å². The molecule has 0 aliphatic carbocycles. The predicted molar refractivity (Wildman–Crippen MR) is 76.1 cm³/mol. The average molecular weight is 331 g/mol. The summed E-state index contributed by atoms with van der Waals surface area (Å²) < 4.78 is 26.2. The van der Waals surface area contributed by atoms with Gasteiger partial charge in [-0.3, -0.25) is 4.98 Å². The van der Waals surface area contributed by atoms with E-state index in [1.54, 1.807) is 24.3 Å². The van der Waals surface area contributed by atoms with Crippen LogP contribution in [0.5, 0.6) is 5.88 Å². The summed E-state index contributed by atoms with van der Waals surface area (Å²) in [5.74, 6) is -0.533. The van der Waals surface area contributed by atoms with Gasteiger partial charge >= 0.3 is 5.69 Å². The second-order valence-electron chi connectivity index (χ2n) is 3.95. The molecule has 6 nitrogen and oxygen atoms in total. The summed E-state index contributed by atoms with van der Waals surface area (Å²) in [6.07, 6.45) is 0.806. The van der Waals surface area contributed by atoms with Crippen LogP contribution in [0.15, 0.2) is 40.2 Å². The number of hydrogen-bond acceptors (Lipinski definition) is 5. The molecule has 1 aromatic carbocycles. The van der Waals surface area contributed by atoms with Crippen LogP contribution in [-0.4, -0.2) is 22.5 Å². The largest absolute Gasteiger partial charge is 0.493 e. The molecule has 0 fully saturated rings. The molecule has 20 heavy (non-hydrogen) atoms. The molecule has 0 saturated heterocycles. The third-order valence-electron chi connectivity index (χ3n) is 2.70. The number of fused-ring (bicyclic) bond motifs is 1. The van der Waals surface area contributed by atoms with Gasteiger partial charge in [0.1, 0.15) is 9.23 Å². The normalized spacial score (nSPS) is 12.1. The third-order valence-corrected chi connectivity index (χ3v) is 6.05. The molecule has 0 amide bonds. The van der Waals surface area contributed by atoms with Gasteiger partial charge in [0.2, 0.25) is 5.88 Å². The smallest absolute Gasteiger partial charge is 0.342 e. The maximum absolute atomic E-state index is 12.5. The Morgan fingerprint density at radius 3 is 2.65 bits per heavy atom. The molecule has 0 bridgehead atoms. The Morgan fingerprint density at radius 1 is 1.30 bits per heavy atom. The molecule has 0 saturated carbocycles. The lowest BCUT2D eigenvalue weighted by molar-refractivity contribution is 0.455. The summed E-state index contributed by atoms with van der Waals surface area (Å²) >= 11 is 7.12. The number of aromatic nitrogens is 2. The fourth-order valence-electron chi connectivity index (χ4n) is 1.88. The highest BCUT2D eigenvalue weighted by Gasteiger charge is 2.27. The van der Waals surface area contributed by atoms with Crippen molar-refractivity contribution in [3.63, 3.8) is 0 Å². The van der Waals surface area contributed by atoms with Gasteiger partial charge in [-0.1, -0.05) is 29.8 Å². The van der Waals surface area contributed by atoms with Crippen LogP contribution in [0.25, 0.3) is 10.1 Å². The maximum atomic E-state index is 12.5. The monoisotopic (exact) mass is 330 g/mol. The summed E-state index contributed by atoms with van der Waals surface area (Å²) in [5.41, 5.74) is -0.950. The van der Waals surface area contributed by atoms with Crippen LogP contribution in [0.4, 0.5) is 0 Å². The van der Waals surface area contributed by atoms with E-state index in [1.165, 1.54) is 0 Å². The quantitative estimate of drug-likeness (QED) is 0.751. The molecule has 0 aliphatic rings. The zero-order chi connectivity index (χ0) is 14.5. The van der Waals surface area contributed by atoms with Crippen molar-refractivity contribution in [3.8, 4) is 5.88 Å². The summed E-state index contributed by atoms with van der Waals surface area (Å²) in [7, 11) is -4.17. The molecule has 104 valence electrons. The van der Waals surface area contributed by atoms with Crippen molar-refractivity contribution in [1.82, 2.24) is 8.96 Å². The van der Waals surface area contributed by atoms with E-state index in [-0.39, 0.29) is 9.23 Å². The van der Waals surface area contributed by atoms with Gasteiger partial charge in [0.05, 0.1) is 6.20 Å². The maximum Gasteiger partial charge on any atom is 0.342 e. The lowest BCUT2D eigenvalue weighted by atomic mass is 10.3. The lowest BCUT2D eigenvalue weighted by Crippen LogP contribution is -2.24. The summed E-state index contributed by atoms with van der Waals surface area (Å²) in [5, 5.41) is 9.65. The van der Waals surface area contributed by atoms with E-state index < -0.39 is 21.6 Å². The fraction of sp³-hybridized carbons (Fsp3) is 0. The van der Waals surface area contributed by atoms with E-state index >= 15 is 0 Å². The van der Waals surface area contributed by atoms with Crippen molar-refractivity contribution in [3.05, 3.63) is 45.3 Å². The van der Waals surface area contributed by atoms with Crippen molar-refractivity contribution in [2.24, 2.45) is 0 Å². The second kappa shape index (κ2) is 4.37. The third kappa shape index (κ3) is 1.84. The minimum absolute atomic E-state index is 0.0683. The highest BCUT2D eigenvalue weighted by atomic mass is 35.5. The Morgan fingerprint density at radius 2 is 2.00 bits per heavy atom. The SMILES string of the molecule is O=c1[nH]c(O)cn1S(=O)(=O)c1c(Cl)sc2ccccc12. The Bertz CT molecular complexity index is 968. The van der Waals surface area contributed by atoms with E-state index in [0.717, 1.165) is 17.5 Å². The fourth-order valence-corrected chi connectivity index (χ4v) is 5.21. The lowest BCUT2D eigenvalue weighted by Gasteiger charge is -2.03. The topological polar surface area (TPSA) is 92.2 Å². The number of benzene rings is 1. The number of halogens is 1. The number of nitrogens with zero attached hydrogens (tertiary/aromatic N) is 1. The number of thiophene rings is 1. The van der Waals surface area contributed by atoms with Gasteiger partial charge in [-0.05, 0) is 6.07 Å². The van der Waals surface area contributed by atoms with E-state index in [4.69, 9.17) is 11.6 Å². The first-order valence-corrected chi connectivity index (χ1v) is 7.98. The Hall–Kier alpha value is -1.77. The molecule has 2 aromatic heterocycles. The van der Waals surface area contributed by atoms with E-state index in [1.807, 2.05) is 4.98 Å². The number of rotatable bonds is 2. The molecule has 0 unspecified atom stereocenters. The van der Waals surface area contributed by atoms with Crippen molar-refractivity contribution in [1.29, 1.82) is 0 Å². The van der Waals surface area contributed by atoms with Crippen molar-refractivity contribution < 1.29 is 13.5 Å². The summed E-state index contributed by atoms with van der Waals surface area (Å²) in [4.78, 5) is 13.4. The number of imidazole rings is 1. The van der Waals surface area contributed by atoms with Gasteiger partial charge in [-0.2, -0.15) is 3.97 Å². The van der Waals surface area contributed by atoms with Crippen LogP contribution in [0.1, 0.15) is 0 Å². The number of nitrogens with one attached hydrogen (secondary N) is 1. The molecule has 9 heteroatoms. The predicted octanol–water partition coefficient (Wildman–Crippen LogP) is 1.99. The van der Waals surface area contributed by atoms with Crippen LogP contribution in [0.2, 0.25) is 4.34 Å². The first-order chi connectivity index (χ1) is 9.41. The molecule has 3 aromatic rings. The molecule has 0 aliphatic heterocycles. The number of H-pyrrole nitrogens is 1. The Kier molecular flexibility index (Phi) is 2.89. The molecule has 0 spiro atoms.